The van der Waals surface area contributed by atoms with E-state index in [0.29, 0.717) is 20.6 Å². The van der Waals surface area contributed by atoms with E-state index in [1.165, 1.54) is 11.0 Å². The van der Waals surface area contributed by atoms with Gasteiger partial charge in [0, 0.05) is 24.0 Å². The van der Waals surface area contributed by atoms with Gasteiger partial charge in [-0.2, -0.15) is 0 Å². The fourth-order valence-corrected chi connectivity index (χ4v) is 6.35. The van der Waals surface area contributed by atoms with Crippen molar-refractivity contribution in [2.45, 2.75) is 50.7 Å². The van der Waals surface area contributed by atoms with Crippen LogP contribution in [0.15, 0.2) is 72.8 Å². The van der Waals surface area contributed by atoms with Gasteiger partial charge in [0.15, 0.2) is 0 Å². The zero-order valence-electron chi connectivity index (χ0n) is 22.6. The average molecular weight is 637 g/mol. The Hall–Kier alpha value is -2.78. The first-order chi connectivity index (χ1) is 19.5. The van der Waals surface area contributed by atoms with Crippen molar-refractivity contribution in [3.8, 4) is 0 Å². The molecule has 41 heavy (non-hydrogen) atoms. The average Bonchev–Trinajstić information content (AvgIpc) is 3.44. The van der Waals surface area contributed by atoms with Gasteiger partial charge >= 0.3 is 0 Å². The molecule has 1 fully saturated rings. The zero-order valence-corrected chi connectivity index (χ0v) is 25.7. The van der Waals surface area contributed by atoms with Crippen LogP contribution in [0, 0.1) is 0 Å². The minimum absolute atomic E-state index is 0.0124. The monoisotopic (exact) mass is 635 g/mol. The Kier molecular flexibility index (Phi) is 10.6. The lowest BCUT2D eigenvalue weighted by molar-refractivity contribution is -0.140. The maximum Gasteiger partial charge on any atom is 0.244 e. The standard InChI is InChI=1S/C30H32Cl3N3O4S/c1-41(39,40)36(25-13-7-10-23(31)18-25)20-29(37)35(19-22-14-15-26(32)27(33)16-22)28(17-21-8-3-2-4-9-21)30(38)34-24-11-5-6-12-24/h2-4,7-10,13-16,18,24,28H,5-6,11-12,17,19-20H2,1H3,(H,34,38)/t28-/m0/s1. The van der Waals surface area contributed by atoms with Gasteiger partial charge in [0.1, 0.15) is 12.6 Å². The molecule has 0 saturated heterocycles. The Morgan fingerprint density at radius 3 is 2.24 bits per heavy atom. The smallest absolute Gasteiger partial charge is 0.244 e. The number of sulfonamides is 1. The largest absolute Gasteiger partial charge is 0.352 e. The van der Waals surface area contributed by atoms with Crippen LogP contribution in [0.5, 0.6) is 0 Å². The van der Waals surface area contributed by atoms with Gasteiger partial charge in [0.25, 0.3) is 0 Å². The van der Waals surface area contributed by atoms with Crippen LogP contribution in [0.3, 0.4) is 0 Å². The number of carbonyl (C=O) groups is 2. The molecule has 1 atom stereocenters. The van der Waals surface area contributed by atoms with E-state index in [9.17, 15) is 18.0 Å². The lowest BCUT2D eigenvalue weighted by Crippen LogP contribution is -2.54. The van der Waals surface area contributed by atoms with Crippen molar-refractivity contribution in [1.82, 2.24) is 10.2 Å². The number of rotatable bonds is 11. The summed E-state index contributed by atoms with van der Waals surface area (Å²) in [6, 6.07) is 19.8. The third-order valence-corrected chi connectivity index (χ3v) is 9.20. The van der Waals surface area contributed by atoms with Gasteiger partial charge in [-0.15, -0.1) is 0 Å². The number of nitrogens with zero attached hydrogens (tertiary/aromatic N) is 2. The highest BCUT2D eigenvalue weighted by Gasteiger charge is 2.34. The van der Waals surface area contributed by atoms with Gasteiger partial charge in [-0.1, -0.05) is 90.1 Å². The van der Waals surface area contributed by atoms with Gasteiger partial charge in [-0.3, -0.25) is 13.9 Å². The Morgan fingerprint density at radius 1 is 0.902 bits per heavy atom. The van der Waals surface area contributed by atoms with E-state index in [1.807, 2.05) is 30.3 Å². The van der Waals surface area contributed by atoms with E-state index < -0.39 is 28.5 Å². The fourth-order valence-electron chi connectivity index (χ4n) is 5.00. The van der Waals surface area contributed by atoms with Gasteiger partial charge in [-0.05, 0) is 54.3 Å². The van der Waals surface area contributed by atoms with Crippen molar-refractivity contribution in [1.29, 1.82) is 0 Å². The van der Waals surface area contributed by atoms with Crippen molar-refractivity contribution in [3.05, 3.63) is 99.0 Å². The summed E-state index contributed by atoms with van der Waals surface area (Å²) in [6.45, 7) is -0.513. The number of hydrogen-bond donors (Lipinski definition) is 1. The Labute approximate surface area is 256 Å². The summed E-state index contributed by atoms with van der Waals surface area (Å²) in [5.74, 6) is -0.841. The lowest BCUT2D eigenvalue weighted by Gasteiger charge is -2.34. The molecule has 11 heteroatoms. The molecule has 0 aliphatic heterocycles. The molecule has 218 valence electrons. The second kappa shape index (κ2) is 13.9. The number of nitrogens with one attached hydrogen (secondary N) is 1. The molecule has 2 amide bonds. The molecule has 4 rings (SSSR count). The third-order valence-electron chi connectivity index (χ3n) is 7.08. The summed E-state index contributed by atoms with van der Waals surface area (Å²) in [4.78, 5) is 29.4. The molecule has 0 heterocycles. The van der Waals surface area contributed by atoms with Gasteiger partial charge in [0.2, 0.25) is 21.8 Å². The first kappa shape index (κ1) is 31.2. The van der Waals surface area contributed by atoms with E-state index in [4.69, 9.17) is 34.8 Å². The number of benzene rings is 3. The molecule has 0 spiro atoms. The number of amides is 2. The number of hydrogen-bond acceptors (Lipinski definition) is 4. The second-order valence-electron chi connectivity index (χ2n) is 10.2. The topological polar surface area (TPSA) is 86.8 Å². The summed E-state index contributed by atoms with van der Waals surface area (Å²) in [5, 5.41) is 4.13. The Balaban J connectivity index is 1.74. The van der Waals surface area contributed by atoms with Gasteiger partial charge in [-0.25, -0.2) is 8.42 Å². The van der Waals surface area contributed by atoms with Crippen LogP contribution in [-0.2, 0) is 32.6 Å². The van der Waals surface area contributed by atoms with Crippen molar-refractivity contribution in [2.24, 2.45) is 0 Å². The minimum Gasteiger partial charge on any atom is -0.352 e. The van der Waals surface area contributed by atoms with Crippen LogP contribution in [0.4, 0.5) is 5.69 Å². The summed E-state index contributed by atoms with van der Waals surface area (Å²) in [7, 11) is -3.88. The van der Waals surface area contributed by atoms with E-state index in [2.05, 4.69) is 5.32 Å². The number of anilines is 1. The molecule has 0 aromatic heterocycles. The molecule has 1 aliphatic carbocycles. The summed E-state index contributed by atoms with van der Waals surface area (Å²) < 4.78 is 26.7. The summed E-state index contributed by atoms with van der Waals surface area (Å²) in [6.07, 6.45) is 5.08. The van der Waals surface area contributed by atoms with Gasteiger partial charge in [0.05, 0.1) is 22.0 Å². The summed E-state index contributed by atoms with van der Waals surface area (Å²) in [5.41, 5.74) is 1.76. The molecule has 7 nitrogen and oxygen atoms in total. The highest BCUT2D eigenvalue weighted by atomic mass is 35.5. The van der Waals surface area contributed by atoms with Crippen LogP contribution < -0.4 is 9.62 Å². The Bertz CT molecular complexity index is 1480. The predicted molar refractivity (Wildman–Crippen MR) is 165 cm³/mol. The molecule has 3 aromatic carbocycles. The van der Waals surface area contributed by atoms with Crippen molar-refractivity contribution < 1.29 is 18.0 Å². The van der Waals surface area contributed by atoms with Crippen LogP contribution in [0.1, 0.15) is 36.8 Å². The highest BCUT2D eigenvalue weighted by molar-refractivity contribution is 7.92. The first-order valence-corrected chi connectivity index (χ1v) is 16.3. The fraction of sp³-hybridized carbons (Fsp3) is 0.333. The van der Waals surface area contributed by atoms with Crippen molar-refractivity contribution in [3.63, 3.8) is 0 Å². The molecule has 3 aromatic rings. The quantitative estimate of drug-likeness (QED) is 0.275. The summed E-state index contributed by atoms with van der Waals surface area (Å²) >= 11 is 18.6. The van der Waals surface area contributed by atoms with Crippen LogP contribution in [-0.4, -0.2) is 50.0 Å². The minimum atomic E-state index is -3.88. The number of carbonyl (C=O) groups excluding carboxylic acids is 2. The van der Waals surface area contributed by atoms with Gasteiger partial charge < -0.3 is 10.2 Å². The molecule has 1 aliphatic rings. The second-order valence-corrected chi connectivity index (χ2v) is 13.4. The maximum absolute atomic E-state index is 14.1. The zero-order chi connectivity index (χ0) is 29.6. The van der Waals surface area contributed by atoms with E-state index in [0.717, 1.165) is 41.8 Å². The highest BCUT2D eigenvalue weighted by Crippen LogP contribution is 2.26. The molecule has 1 saturated carbocycles. The van der Waals surface area contributed by atoms with E-state index in [-0.39, 0.29) is 30.6 Å². The molecule has 0 unspecified atom stereocenters. The first-order valence-electron chi connectivity index (χ1n) is 13.3. The van der Waals surface area contributed by atoms with E-state index in [1.54, 1.807) is 36.4 Å². The van der Waals surface area contributed by atoms with Crippen LogP contribution >= 0.6 is 34.8 Å². The third kappa shape index (κ3) is 8.61. The molecule has 0 bridgehead atoms. The van der Waals surface area contributed by atoms with E-state index >= 15 is 0 Å². The van der Waals surface area contributed by atoms with Crippen LogP contribution in [0.25, 0.3) is 0 Å². The molecule has 0 radical (unpaired) electrons. The number of halogens is 3. The SMILES string of the molecule is CS(=O)(=O)N(CC(=O)N(Cc1ccc(Cl)c(Cl)c1)[C@@H](Cc1ccccc1)C(=O)NC1CCCC1)c1cccc(Cl)c1. The van der Waals surface area contributed by atoms with Crippen LogP contribution in [0.2, 0.25) is 15.1 Å². The lowest BCUT2D eigenvalue weighted by atomic mass is 10.0. The maximum atomic E-state index is 14.1. The molecular weight excluding hydrogens is 605 g/mol. The predicted octanol–water partition coefficient (Wildman–Crippen LogP) is 6.11. The Morgan fingerprint density at radius 2 is 1.61 bits per heavy atom. The normalized spacial score (nSPS) is 14.4. The molecule has 1 N–H and O–H groups in total. The van der Waals surface area contributed by atoms with Crippen molar-refractivity contribution in [2.75, 3.05) is 17.1 Å². The van der Waals surface area contributed by atoms with Crippen molar-refractivity contribution >= 4 is 62.3 Å². The molecular formula is C30H32Cl3N3O4S.